The third kappa shape index (κ3) is 6.68. The molecule has 0 saturated carbocycles. The number of hydrogen-bond acceptors (Lipinski definition) is 4. The van der Waals surface area contributed by atoms with Crippen molar-refractivity contribution in [3.8, 4) is 5.75 Å². The fraction of sp³-hybridized carbons (Fsp3) is 0.0741. The Bertz CT molecular complexity index is 1440. The third-order valence-corrected chi connectivity index (χ3v) is 7.05. The number of amides is 1. The van der Waals surface area contributed by atoms with Gasteiger partial charge in [0.25, 0.3) is 15.9 Å². The van der Waals surface area contributed by atoms with Gasteiger partial charge in [-0.2, -0.15) is 0 Å². The molecule has 190 valence electrons. The number of ether oxygens (including phenoxy) is 1. The Labute approximate surface area is 212 Å². The summed E-state index contributed by atoms with van der Waals surface area (Å²) in [7, 11) is -3.86. The second-order valence-corrected chi connectivity index (χ2v) is 9.75. The number of nitrogens with one attached hydrogen (secondary N) is 1. The fourth-order valence-corrected chi connectivity index (χ4v) is 4.97. The Morgan fingerprint density at radius 2 is 1.35 bits per heavy atom. The van der Waals surface area contributed by atoms with Crippen molar-refractivity contribution in [3.05, 3.63) is 120 Å². The molecule has 0 aliphatic carbocycles. The van der Waals surface area contributed by atoms with Crippen LogP contribution >= 0.6 is 0 Å². The first-order valence-electron chi connectivity index (χ1n) is 11.0. The number of alkyl halides is 3. The number of rotatable bonds is 8. The highest BCUT2D eigenvalue weighted by atomic mass is 32.2. The molecule has 0 atom stereocenters. The van der Waals surface area contributed by atoms with Crippen molar-refractivity contribution in [3.63, 3.8) is 0 Å². The van der Waals surface area contributed by atoms with Gasteiger partial charge < -0.3 is 10.1 Å². The molecule has 4 rings (SSSR count). The van der Waals surface area contributed by atoms with Gasteiger partial charge in [0.15, 0.2) is 0 Å². The molecule has 0 unspecified atom stereocenters. The predicted octanol–water partition coefficient (Wildman–Crippen LogP) is 6.23. The molecule has 0 heterocycles. The van der Waals surface area contributed by atoms with Crippen molar-refractivity contribution in [2.75, 3.05) is 9.62 Å². The summed E-state index contributed by atoms with van der Waals surface area (Å²) in [5.41, 5.74) is 1.71. The van der Waals surface area contributed by atoms with Gasteiger partial charge in [-0.1, -0.05) is 48.5 Å². The molecule has 4 aromatic carbocycles. The molecule has 0 aromatic heterocycles. The van der Waals surface area contributed by atoms with E-state index in [9.17, 15) is 26.4 Å². The predicted molar refractivity (Wildman–Crippen MR) is 134 cm³/mol. The Kier molecular flexibility index (Phi) is 7.49. The Hall–Kier alpha value is -4.31. The van der Waals surface area contributed by atoms with Crippen LogP contribution in [0, 0.1) is 0 Å². The smallest absolute Gasteiger partial charge is 0.406 e. The topological polar surface area (TPSA) is 75.7 Å². The molecule has 6 nitrogen and oxygen atoms in total. The normalized spacial score (nSPS) is 11.5. The molecule has 10 heteroatoms. The van der Waals surface area contributed by atoms with Crippen molar-refractivity contribution >= 4 is 27.3 Å². The molecule has 0 saturated heterocycles. The molecule has 1 N–H and O–H groups in total. The lowest BCUT2D eigenvalue weighted by atomic mass is 10.1. The zero-order valence-corrected chi connectivity index (χ0v) is 20.0. The lowest BCUT2D eigenvalue weighted by Gasteiger charge is -2.25. The van der Waals surface area contributed by atoms with E-state index in [2.05, 4.69) is 10.1 Å². The van der Waals surface area contributed by atoms with Crippen LogP contribution in [0.1, 0.15) is 15.9 Å². The van der Waals surface area contributed by atoms with Gasteiger partial charge in [0.1, 0.15) is 5.75 Å². The quantitative estimate of drug-likeness (QED) is 0.295. The number of anilines is 2. The minimum Gasteiger partial charge on any atom is -0.406 e. The molecule has 4 aromatic rings. The number of hydrogen-bond donors (Lipinski definition) is 1. The first kappa shape index (κ1) is 25.8. The summed E-state index contributed by atoms with van der Waals surface area (Å²) in [6, 6.07) is 27.9. The summed E-state index contributed by atoms with van der Waals surface area (Å²) in [4.78, 5) is 12.8. The van der Waals surface area contributed by atoms with E-state index >= 15 is 0 Å². The van der Waals surface area contributed by atoms with E-state index in [1.807, 2.05) is 0 Å². The first-order valence-corrected chi connectivity index (χ1v) is 12.4. The highest BCUT2D eigenvalue weighted by molar-refractivity contribution is 7.92. The van der Waals surface area contributed by atoms with Crippen LogP contribution in [0.3, 0.4) is 0 Å². The molecule has 1 amide bonds. The van der Waals surface area contributed by atoms with Gasteiger partial charge in [0.05, 0.1) is 17.1 Å². The SMILES string of the molecule is O=C(Nc1ccc(OC(F)(F)F)cc1)c1ccc(CN(c2ccccc2)S(=O)(=O)c2ccccc2)cc1. The molecular formula is C27H21F3N2O4S. The van der Waals surface area contributed by atoms with Crippen LogP contribution in [0.4, 0.5) is 24.5 Å². The lowest BCUT2D eigenvalue weighted by molar-refractivity contribution is -0.274. The van der Waals surface area contributed by atoms with Gasteiger partial charge in [0.2, 0.25) is 0 Å². The average molecular weight is 527 g/mol. The van der Waals surface area contributed by atoms with Crippen LogP contribution in [0.25, 0.3) is 0 Å². The van der Waals surface area contributed by atoms with E-state index in [4.69, 9.17) is 0 Å². The maximum Gasteiger partial charge on any atom is 0.573 e. The van der Waals surface area contributed by atoms with Crippen molar-refractivity contribution in [2.45, 2.75) is 17.8 Å². The number of carbonyl (C=O) groups excluding carboxylic acids is 1. The van der Waals surface area contributed by atoms with Gasteiger partial charge >= 0.3 is 6.36 Å². The summed E-state index contributed by atoms with van der Waals surface area (Å²) < 4.78 is 68.8. The summed E-state index contributed by atoms with van der Waals surface area (Å²) in [6.07, 6.45) is -4.80. The van der Waals surface area contributed by atoms with Gasteiger partial charge in [-0.05, 0) is 66.2 Å². The van der Waals surface area contributed by atoms with E-state index in [0.717, 1.165) is 12.1 Å². The van der Waals surface area contributed by atoms with Crippen molar-refractivity contribution in [2.24, 2.45) is 0 Å². The monoisotopic (exact) mass is 526 g/mol. The number of halogens is 3. The van der Waals surface area contributed by atoms with Crippen LogP contribution < -0.4 is 14.4 Å². The van der Waals surface area contributed by atoms with Crippen LogP contribution in [0.2, 0.25) is 0 Å². The van der Waals surface area contributed by atoms with E-state index in [1.54, 1.807) is 72.8 Å². The highest BCUT2D eigenvalue weighted by Crippen LogP contribution is 2.27. The largest absolute Gasteiger partial charge is 0.573 e. The number of carbonyl (C=O) groups is 1. The molecular weight excluding hydrogens is 505 g/mol. The van der Waals surface area contributed by atoms with Crippen molar-refractivity contribution < 1.29 is 31.1 Å². The Balaban J connectivity index is 1.49. The minimum absolute atomic E-state index is 0.0316. The van der Waals surface area contributed by atoms with Crippen LogP contribution in [-0.2, 0) is 16.6 Å². The second kappa shape index (κ2) is 10.8. The van der Waals surface area contributed by atoms with Crippen molar-refractivity contribution in [1.29, 1.82) is 0 Å². The highest BCUT2D eigenvalue weighted by Gasteiger charge is 2.31. The molecule has 0 bridgehead atoms. The first-order chi connectivity index (χ1) is 17.6. The molecule has 0 fully saturated rings. The van der Waals surface area contributed by atoms with Gasteiger partial charge in [0, 0.05) is 11.3 Å². The van der Waals surface area contributed by atoms with Gasteiger partial charge in [-0.25, -0.2) is 8.42 Å². The number of sulfonamides is 1. The average Bonchev–Trinajstić information content (AvgIpc) is 2.89. The maximum absolute atomic E-state index is 13.4. The second-order valence-electron chi connectivity index (χ2n) is 7.88. The molecule has 0 aliphatic rings. The lowest BCUT2D eigenvalue weighted by Crippen LogP contribution is -2.30. The van der Waals surface area contributed by atoms with Gasteiger partial charge in [-0.15, -0.1) is 13.2 Å². The Morgan fingerprint density at radius 1 is 0.784 bits per heavy atom. The number of benzene rings is 4. The zero-order valence-electron chi connectivity index (χ0n) is 19.2. The van der Waals surface area contributed by atoms with Crippen molar-refractivity contribution in [1.82, 2.24) is 0 Å². The van der Waals surface area contributed by atoms with E-state index in [1.165, 1.54) is 28.6 Å². The van der Waals surface area contributed by atoms with E-state index < -0.39 is 28.0 Å². The Morgan fingerprint density at radius 3 is 1.92 bits per heavy atom. The standard InChI is InChI=1S/C27H21F3N2O4S/c28-27(29,30)36-24-17-15-22(16-18-24)31-26(33)21-13-11-20(12-14-21)19-32(23-7-3-1-4-8-23)37(34,35)25-9-5-2-6-10-25/h1-18H,19H2,(H,31,33). The van der Waals surface area contributed by atoms with Gasteiger partial charge in [-0.3, -0.25) is 9.10 Å². The molecule has 37 heavy (non-hydrogen) atoms. The van der Waals surface area contributed by atoms with Crippen LogP contribution in [0.15, 0.2) is 114 Å². The fourth-order valence-electron chi connectivity index (χ4n) is 3.50. The van der Waals surface area contributed by atoms with Crippen LogP contribution in [-0.4, -0.2) is 20.7 Å². The third-order valence-electron chi connectivity index (χ3n) is 5.26. The maximum atomic E-state index is 13.4. The van der Waals surface area contributed by atoms with E-state index in [0.29, 0.717) is 11.3 Å². The molecule has 0 aliphatic heterocycles. The zero-order chi connectivity index (χ0) is 26.5. The van der Waals surface area contributed by atoms with E-state index in [-0.39, 0.29) is 22.7 Å². The summed E-state index contributed by atoms with van der Waals surface area (Å²) in [5, 5.41) is 2.60. The minimum atomic E-state index is -4.80. The number of nitrogens with zero attached hydrogens (tertiary/aromatic N) is 1. The summed E-state index contributed by atoms with van der Waals surface area (Å²) >= 11 is 0. The number of para-hydroxylation sites is 1. The molecule has 0 radical (unpaired) electrons. The van der Waals surface area contributed by atoms with Crippen LogP contribution in [0.5, 0.6) is 5.75 Å². The summed E-state index contributed by atoms with van der Waals surface area (Å²) in [6.45, 7) is 0.0316. The molecule has 0 spiro atoms. The summed E-state index contributed by atoms with van der Waals surface area (Å²) in [5.74, 6) is -0.879.